The number of rotatable bonds is 2. The number of morpholine rings is 1. The first-order valence-electron chi connectivity index (χ1n) is 8.45. The molecule has 3 amide bonds. The summed E-state index contributed by atoms with van der Waals surface area (Å²) in [6.45, 7) is 5.92. The van der Waals surface area contributed by atoms with Crippen LogP contribution in [0, 0.1) is 6.92 Å². The summed E-state index contributed by atoms with van der Waals surface area (Å²) in [4.78, 5) is 28.7. The van der Waals surface area contributed by atoms with Gasteiger partial charge in [0.15, 0.2) is 0 Å². The maximum absolute atomic E-state index is 13.1. The highest BCUT2D eigenvalue weighted by molar-refractivity contribution is 6.00. The normalized spacial score (nSPS) is 26.5. The summed E-state index contributed by atoms with van der Waals surface area (Å²) in [5.41, 5.74) is 2.33. The Hall–Kier alpha value is -2.12. The number of carbonyl (C=O) groups is 2. The molecule has 2 N–H and O–H groups in total. The van der Waals surface area contributed by atoms with Gasteiger partial charge in [-0.05, 0) is 24.6 Å². The van der Waals surface area contributed by atoms with Gasteiger partial charge in [-0.25, -0.2) is 4.79 Å². The molecule has 7 heteroatoms. The van der Waals surface area contributed by atoms with Gasteiger partial charge >= 0.3 is 6.03 Å². The molecule has 0 bridgehead atoms. The van der Waals surface area contributed by atoms with Crippen molar-refractivity contribution in [2.75, 3.05) is 44.2 Å². The van der Waals surface area contributed by atoms with E-state index < -0.39 is 0 Å². The van der Waals surface area contributed by atoms with E-state index in [1.807, 2.05) is 30.0 Å². The van der Waals surface area contributed by atoms with Crippen molar-refractivity contribution in [3.05, 3.63) is 29.3 Å². The zero-order chi connectivity index (χ0) is 16.7. The maximum atomic E-state index is 13.1. The van der Waals surface area contributed by atoms with Gasteiger partial charge in [0.05, 0.1) is 18.8 Å². The van der Waals surface area contributed by atoms with Crippen LogP contribution in [-0.4, -0.2) is 68.3 Å². The molecule has 0 aliphatic carbocycles. The number of nitrogens with one attached hydrogen (secondary N) is 2. The van der Waals surface area contributed by atoms with Crippen LogP contribution in [0.25, 0.3) is 0 Å². The minimum absolute atomic E-state index is 0.0240. The Morgan fingerprint density at radius 3 is 2.96 bits per heavy atom. The number of urea groups is 1. The quantitative estimate of drug-likeness (QED) is 0.820. The van der Waals surface area contributed by atoms with Crippen molar-refractivity contribution in [1.82, 2.24) is 15.5 Å². The number of amides is 3. The highest BCUT2D eigenvalue weighted by Gasteiger charge is 2.39. The number of fused-ring (bicyclic) bond motifs is 1. The fraction of sp³-hybridized carbons (Fsp3) is 0.529. The summed E-state index contributed by atoms with van der Waals surface area (Å²) >= 11 is 0. The van der Waals surface area contributed by atoms with Gasteiger partial charge in [-0.1, -0.05) is 6.07 Å². The average Bonchev–Trinajstić information content (AvgIpc) is 3.23. The second-order valence-electron chi connectivity index (χ2n) is 6.47. The van der Waals surface area contributed by atoms with Gasteiger partial charge in [0, 0.05) is 44.0 Å². The molecule has 3 aliphatic rings. The molecule has 0 radical (unpaired) electrons. The fourth-order valence-electron chi connectivity index (χ4n) is 3.85. The minimum atomic E-state index is -0.103. The predicted molar refractivity (Wildman–Crippen MR) is 89.4 cm³/mol. The lowest BCUT2D eigenvalue weighted by Crippen LogP contribution is -2.53. The molecular formula is C17H22N4O3. The van der Waals surface area contributed by atoms with E-state index in [9.17, 15) is 9.59 Å². The number of hydrogen-bond acceptors (Lipinski definition) is 4. The average molecular weight is 330 g/mol. The number of hydrogen-bond donors (Lipinski definition) is 2. The highest BCUT2D eigenvalue weighted by Crippen LogP contribution is 2.27. The fourth-order valence-corrected chi connectivity index (χ4v) is 3.85. The van der Waals surface area contributed by atoms with Crippen LogP contribution in [0.4, 0.5) is 10.5 Å². The van der Waals surface area contributed by atoms with Crippen LogP contribution in [0.1, 0.15) is 15.9 Å². The van der Waals surface area contributed by atoms with Gasteiger partial charge in [0.2, 0.25) is 0 Å². The first-order valence-corrected chi connectivity index (χ1v) is 8.45. The predicted octanol–water partition coefficient (Wildman–Crippen LogP) is 0.337. The lowest BCUT2D eigenvalue weighted by Gasteiger charge is -2.37. The van der Waals surface area contributed by atoms with Crippen LogP contribution >= 0.6 is 0 Å². The van der Waals surface area contributed by atoms with E-state index in [0.29, 0.717) is 31.8 Å². The molecule has 4 rings (SSSR count). The second-order valence-corrected chi connectivity index (χ2v) is 6.47. The Morgan fingerprint density at radius 2 is 2.17 bits per heavy atom. The van der Waals surface area contributed by atoms with Gasteiger partial charge < -0.3 is 20.3 Å². The molecule has 0 spiro atoms. The molecule has 0 aromatic heterocycles. The molecule has 1 aromatic rings. The van der Waals surface area contributed by atoms with Gasteiger partial charge in [0.1, 0.15) is 0 Å². The Labute approximate surface area is 140 Å². The van der Waals surface area contributed by atoms with Crippen molar-refractivity contribution in [2.24, 2.45) is 0 Å². The Balaban J connectivity index is 1.64. The summed E-state index contributed by atoms with van der Waals surface area (Å²) in [5.74, 6) is 0.0240. The summed E-state index contributed by atoms with van der Waals surface area (Å²) in [5, 5.41) is 6.10. The SMILES string of the molecule is Cc1c(C(=O)N2CCO[C@H]3CNC[C@H]32)cccc1N1CCNC1=O. The van der Waals surface area contributed by atoms with Gasteiger partial charge in [0.25, 0.3) is 5.91 Å². The lowest BCUT2D eigenvalue weighted by atomic mass is 10.0. The molecule has 3 heterocycles. The molecule has 128 valence electrons. The van der Waals surface area contributed by atoms with E-state index in [4.69, 9.17) is 4.74 Å². The monoisotopic (exact) mass is 330 g/mol. The number of anilines is 1. The minimum Gasteiger partial charge on any atom is -0.373 e. The molecule has 7 nitrogen and oxygen atoms in total. The van der Waals surface area contributed by atoms with Crippen molar-refractivity contribution < 1.29 is 14.3 Å². The van der Waals surface area contributed by atoms with E-state index in [0.717, 1.165) is 24.3 Å². The smallest absolute Gasteiger partial charge is 0.322 e. The zero-order valence-electron chi connectivity index (χ0n) is 13.7. The molecule has 3 aliphatic heterocycles. The van der Waals surface area contributed by atoms with Crippen molar-refractivity contribution in [3.63, 3.8) is 0 Å². The second kappa shape index (κ2) is 6.07. The van der Waals surface area contributed by atoms with Crippen LogP contribution < -0.4 is 15.5 Å². The third kappa shape index (κ3) is 2.44. The van der Waals surface area contributed by atoms with Gasteiger partial charge in [-0.15, -0.1) is 0 Å². The summed E-state index contributed by atoms with van der Waals surface area (Å²) < 4.78 is 5.75. The van der Waals surface area contributed by atoms with Crippen molar-refractivity contribution in [2.45, 2.75) is 19.1 Å². The Kier molecular flexibility index (Phi) is 3.90. The Morgan fingerprint density at radius 1 is 1.29 bits per heavy atom. The number of benzene rings is 1. The molecule has 0 unspecified atom stereocenters. The highest BCUT2D eigenvalue weighted by atomic mass is 16.5. The first-order chi connectivity index (χ1) is 11.7. The summed E-state index contributed by atoms with van der Waals surface area (Å²) in [6.07, 6.45) is 0.0792. The molecule has 3 fully saturated rings. The standard InChI is InChI=1S/C17H22N4O3/c1-11-12(3-2-4-13(11)21-6-5-19-17(21)23)16(22)20-7-8-24-15-10-18-9-14(15)20/h2-4,14-15,18H,5-10H2,1H3,(H,19,23)/t14-,15+/m1/s1. The first kappa shape index (κ1) is 15.4. The maximum Gasteiger partial charge on any atom is 0.322 e. The topological polar surface area (TPSA) is 73.9 Å². The summed E-state index contributed by atoms with van der Waals surface area (Å²) in [7, 11) is 0. The van der Waals surface area contributed by atoms with E-state index in [1.165, 1.54) is 0 Å². The molecule has 0 saturated carbocycles. The third-order valence-corrected chi connectivity index (χ3v) is 5.14. The Bertz CT molecular complexity index is 678. The summed E-state index contributed by atoms with van der Waals surface area (Å²) in [6, 6.07) is 5.59. The lowest BCUT2D eigenvalue weighted by molar-refractivity contribution is -0.0365. The third-order valence-electron chi connectivity index (χ3n) is 5.14. The molecule has 3 saturated heterocycles. The molecule has 2 atom stereocenters. The van der Waals surface area contributed by atoms with Crippen LogP contribution in [-0.2, 0) is 4.74 Å². The van der Waals surface area contributed by atoms with Crippen molar-refractivity contribution >= 4 is 17.6 Å². The van der Waals surface area contributed by atoms with Crippen molar-refractivity contribution in [1.29, 1.82) is 0 Å². The number of carbonyl (C=O) groups excluding carboxylic acids is 2. The largest absolute Gasteiger partial charge is 0.373 e. The van der Waals surface area contributed by atoms with Gasteiger partial charge in [-0.3, -0.25) is 9.69 Å². The van der Waals surface area contributed by atoms with E-state index in [1.54, 1.807) is 4.90 Å². The van der Waals surface area contributed by atoms with Crippen LogP contribution in [0.5, 0.6) is 0 Å². The van der Waals surface area contributed by atoms with E-state index in [2.05, 4.69) is 10.6 Å². The van der Waals surface area contributed by atoms with Gasteiger partial charge in [-0.2, -0.15) is 0 Å². The van der Waals surface area contributed by atoms with E-state index >= 15 is 0 Å². The number of nitrogens with zero attached hydrogens (tertiary/aromatic N) is 2. The van der Waals surface area contributed by atoms with Crippen LogP contribution in [0.15, 0.2) is 18.2 Å². The molecule has 24 heavy (non-hydrogen) atoms. The zero-order valence-corrected chi connectivity index (χ0v) is 13.7. The molecular weight excluding hydrogens is 308 g/mol. The molecule has 1 aromatic carbocycles. The van der Waals surface area contributed by atoms with E-state index in [-0.39, 0.29) is 24.1 Å². The van der Waals surface area contributed by atoms with Crippen LogP contribution in [0.3, 0.4) is 0 Å². The van der Waals surface area contributed by atoms with Crippen LogP contribution in [0.2, 0.25) is 0 Å². The number of ether oxygens (including phenoxy) is 1. The van der Waals surface area contributed by atoms with Crippen molar-refractivity contribution in [3.8, 4) is 0 Å².